The van der Waals surface area contributed by atoms with E-state index in [9.17, 15) is 4.79 Å². The number of thioether (sulfide) groups is 1. The van der Waals surface area contributed by atoms with E-state index in [0.717, 1.165) is 10.0 Å². The molecule has 0 spiro atoms. The molecule has 0 radical (unpaired) electrons. The van der Waals surface area contributed by atoms with Crippen LogP contribution in [0.2, 0.25) is 0 Å². The number of halogens is 1. The Balaban J connectivity index is 1.96. The van der Waals surface area contributed by atoms with E-state index in [-0.39, 0.29) is 5.78 Å². The summed E-state index contributed by atoms with van der Waals surface area (Å²) in [5.41, 5.74) is 1.72. The predicted molar refractivity (Wildman–Crippen MR) is 76.0 cm³/mol. The molecule has 0 saturated heterocycles. The zero-order valence-electron chi connectivity index (χ0n) is 9.76. The summed E-state index contributed by atoms with van der Waals surface area (Å²) in [5, 5.41) is 0.631. The van der Waals surface area contributed by atoms with Gasteiger partial charge in [0.25, 0.3) is 0 Å². The van der Waals surface area contributed by atoms with Crippen molar-refractivity contribution in [1.82, 2.24) is 9.97 Å². The number of benzene rings is 1. The number of aromatic nitrogens is 2. The molecular formula is C13H11BrN2OS. The zero-order valence-corrected chi connectivity index (χ0v) is 12.2. The third kappa shape index (κ3) is 3.65. The Morgan fingerprint density at radius 2 is 1.83 bits per heavy atom. The molecule has 0 N–H and O–H groups in total. The van der Waals surface area contributed by atoms with Gasteiger partial charge in [-0.3, -0.25) is 4.79 Å². The third-order valence-electron chi connectivity index (χ3n) is 2.26. The average Bonchev–Trinajstić information content (AvgIpc) is 2.38. The Bertz CT molecular complexity index is 540. The van der Waals surface area contributed by atoms with Crippen molar-refractivity contribution in [3.63, 3.8) is 0 Å². The van der Waals surface area contributed by atoms with Crippen LogP contribution in [-0.4, -0.2) is 21.5 Å². The van der Waals surface area contributed by atoms with Crippen LogP contribution in [0.5, 0.6) is 0 Å². The maximum absolute atomic E-state index is 11.9. The second-order valence-electron chi connectivity index (χ2n) is 3.76. The number of Topliss-reactive ketones (excluding diaryl/α,β-unsaturated/α-hetero) is 1. The van der Waals surface area contributed by atoms with Gasteiger partial charge in [-0.15, -0.1) is 0 Å². The maximum Gasteiger partial charge on any atom is 0.187 e. The number of carbonyl (C=O) groups excluding carboxylic acids is 1. The van der Waals surface area contributed by atoms with Crippen LogP contribution in [0, 0.1) is 6.92 Å². The summed E-state index contributed by atoms with van der Waals surface area (Å²) >= 11 is 4.69. The summed E-state index contributed by atoms with van der Waals surface area (Å²) in [7, 11) is 0. The Kier molecular flexibility index (Phi) is 4.49. The largest absolute Gasteiger partial charge is 0.293 e. The fraction of sp³-hybridized carbons (Fsp3) is 0.154. The lowest BCUT2D eigenvalue weighted by Crippen LogP contribution is -2.02. The van der Waals surface area contributed by atoms with Gasteiger partial charge < -0.3 is 0 Å². The molecule has 5 heteroatoms. The van der Waals surface area contributed by atoms with Crippen LogP contribution in [0.15, 0.2) is 46.3 Å². The van der Waals surface area contributed by atoms with Crippen LogP contribution in [0.1, 0.15) is 15.9 Å². The summed E-state index contributed by atoms with van der Waals surface area (Å²) < 4.78 is 0.966. The molecule has 92 valence electrons. The Morgan fingerprint density at radius 3 is 2.44 bits per heavy atom. The molecule has 3 nitrogen and oxygen atoms in total. The molecule has 1 heterocycles. The quantitative estimate of drug-likeness (QED) is 0.490. The van der Waals surface area contributed by atoms with Crippen molar-refractivity contribution in [3.05, 3.63) is 52.3 Å². The molecule has 0 unspecified atom stereocenters. The zero-order chi connectivity index (χ0) is 13.0. The molecule has 2 aromatic rings. The third-order valence-corrected chi connectivity index (χ3v) is 3.66. The number of rotatable bonds is 4. The highest BCUT2D eigenvalue weighted by Gasteiger charge is 2.07. The fourth-order valence-corrected chi connectivity index (χ4v) is 2.25. The highest BCUT2D eigenvalue weighted by Crippen LogP contribution is 2.16. The van der Waals surface area contributed by atoms with E-state index in [2.05, 4.69) is 25.9 Å². The van der Waals surface area contributed by atoms with Crippen LogP contribution in [0.25, 0.3) is 0 Å². The lowest BCUT2D eigenvalue weighted by molar-refractivity contribution is 0.102. The van der Waals surface area contributed by atoms with Gasteiger partial charge in [0.1, 0.15) is 0 Å². The van der Waals surface area contributed by atoms with Crippen molar-refractivity contribution >= 4 is 33.5 Å². The van der Waals surface area contributed by atoms with Crippen molar-refractivity contribution in [2.75, 3.05) is 5.75 Å². The van der Waals surface area contributed by atoms with E-state index in [1.807, 2.05) is 31.2 Å². The highest BCUT2D eigenvalue weighted by molar-refractivity contribution is 9.10. The molecule has 0 fully saturated rings. The van der Waals surface area contributed by atoms with Gasteiger partial charge in [0.15, 0.2) is 10.9 Å². The number of ketones is 1. The molecule has 0 saturated carbocycles. The molecule has 0 aliphatic carbocycles. The maximum atomic E-state index is 11.9. The molecule has 18 heavy (non-hydrogen) atoms. The van der Waals surface area contributed by atoms with Crippen molar-refractivity contribution in [3.8, 4) is 0 Å². The van der Waals surface area contributed by atoms with Crippen LogP contribution in [0.4, 0.5) is 0 Å². The van der Waals surface area contributed by atoms with E-state index >= 15 is 0 Å². The molecule has 1 aromatic heterocycles. The van der Waals surface area contributed by atoms with Gasteiger partial charge >= 0.3 is 0 Å². The molecular weight excluding hydrogens is 312 g/mol. The minimum absolute atomic E-state index is 0.0803. The van der Waals surface area contributed by atoms with Crippen molar-refractivity contribution in [2.45, 2.75) is 12.1 Å². The smallest absolute Gasteiger partial charge is 0.187 e. The molecule has 0 bridgehead atoms. The Morgan fingerprint density at radius 1 is 1.22 bits per heavy atom. The highest BCUT2D eigenvalue weighted by atomic mass is 79.9. The lowest BCUT2D eigenvalue weighted by atomic mass is 10.2. The summed E-state index contributed by atoms with van der Waals surface area (Å²) in [5.74, 6) is 0.432. The topological polar surface area (TPSA) is 42.9 Å². The van der Waals surface area contributed by atoms with Crippen molar-refractivity contribution in [2.24, 2.45) is 0 Å². The number of hydrogen-bond donors (Lipinski definition) is 0. The van der Waals surface area contributed by atoms with Gasteiger partial charge in [-0.1, -0.05) is 39.8 Å². The number of aryl methyl sites for hydroxylation is 1. The molecule has 0 aliphatic heterocycles. The first-order valence-electron chi connectivity index (χ1n) is 5.35. The first-order valence-corrected chi connectivity index (χ1v) is 7.13. The van der Waals surface area contributed by atoms with Crippen molar-refractivity contribution < 1.29 is 4.79 Å². The van der Waals surface area contributed by atoms with Gasteiger partial charge in [-0.25, -0.2) is 9.97 Å². The summed E-state index contributed by atoms with van der Waals surface area (Å²) in [6.07, 6.45) is 3.50. The van der Waals surface area contributed by atoms with E-state index in [1.54, 1.807) is 12.4 Å². The second-order valence-corrected chi connectivity index (χ2v) is 5.62. The summed E-state index contributed by atoms with van der Waals surface area (Å²) in [4.78, 5) is 20.2. The van der Waals surface area contributed by atoms with Crippen LogP contribution in [0.3, 0.4) is 0 Å². The minimum Gasteiger partial charge on any atom is -0.293 e. The normalized spacial score (nSPS) is 10.3. The lowest BCUT2D eigenvalue weighted by Gasteiger charge is -2.01. The van der Waals surface area contributed by atoms with Gasteiger partial charge in [0.2, 0.25) is 0 Å². The average molecular weight is 323 g/mol. The number of carbonyl (C=O) groups is 1. The van der Waals surface area contributed by atoms with Crippen molar-refractivity contribution in [1.29, 1.82) is 0 Å². The number of hydrogen-bond acceptors (Lipinski definition) is 4. The number of nitrogens with zero attached hydrogens (tertiary/aromatic N) is 2. The molecule has 0 atom stereocenters. The van der Waals surface area contributed by atoms with E-state index in [1.165, 1.54) is 11.8 Å². The standard InChI is InChI=1S/C13H11BrN2OS/c1-9-6-15-13(16-7-9)18-8-12(17)10-2-4-11(14)5-3-10/h2-7H,8H2,1H3. The molecule has 0 aliphatic rings. The van der Waals surface area contributed by atoms with Crippen LogP contribution in [-0.2, 0) is 0 Å². The van der Waals surface area contributed by atoms with E-state index in [4.69, 9.17) is 0 Å². The van der Waals surface area contributed by atoms with Gasteiger partial charge in [0.05, 0.1) is 5.75 Å². The summed E-state index contributed by atoms with van der Waals surface area (Å²) in [6.45, 7) is 1.93. The second kappa shape index (κ2) is 6.11. The predicted octanol–water partition coefficient (Wildman–Crippen LogP) is 3.52. The van der Waals surface area contributed by atoms with E-state index in [0.29, 0.717) is 16.5 Å². The monoisotopic (exact) mass is 322 g/mol. The van der Waals surface area contributed by atoms with Gasteiger partial charge in [-0.05, 0) is 24.6 Å². The fourth-order valence-electron chi connectivity index (χ4n) is 1.30. The molecule has 2 rings (SSSR count). The Labute approximate surface area is 118 Å². The summed E-state index contributed by atoms with van der Waals surface area (Å²) in [6, 6.07) is 7.34. The van der Waals surface area contributed by atoms with Gasteiger partial charge in [0, 0.05) is 22.4 Å². The minimum atomic E-state index is 0.0803. The van der Waals surface area contributed by atoms with Gasteiger partial charge in [-0.2, -0.15) is 0 Å². The molecule has 1 aromatic carbocycles. The van der Waals surface area contributed by atoms with E-state index < -0.39 is 0 Å². The van der Waals surface area contributed by atoms with Crippen LogP contribution >= 0.6 is 27.7 Å². The molecule has 0 amide bonds. The van der Waals surface area contributed by atoms with Crippen LogP contribution < -0.4 is 0 Å². The first kappa shape index (κ1) is 13.2. The SMILES string of the molecule is Cc1cnc(SCC(=O)c2ccc(Br)cc2)nc1. The first-order chi connectivity index (χ1) is 8.65. The Hall–Kier alpha value is -1.20.